The van der Waals surface area contributed by atoms with Gasteiger partial charge >= 0.3 is 0 Å². The van der Waals surface area contributed by atoms with E-state index in [-0.39, 0.29) is 15.5 Å². The number of nitrogens with one attached hydrogen (secondary N) is 2. The number of sulfone groups is 2. The van der Waals surface area contributed by atoms with Gasteiger partial charge in [-0.2, -0.15) is 0 Å². The van der Waals surface area contributed by atoms with Gasteiger partial charge in [0, 0.05) is 41.5 Å². The van der Waals surface area contributed by atoms with E-state index in [2.05, 4.69) is 30.6 Å². The van der Waals surface area contributed by atoms with Crippen molar-refractivity contribution in [2.24, 2.45) is 0 Å². The second kappa shape index (κ2) is 11.1. The predicted octanol–water partition coefficient (Wildman–Crippen LogP) is 3.86. The maximum absolute atomic E-state index is 12.9. The van der Waals surface area contributed by atoms with Crippen LogP contribution in [0.1, 0.15) is 4.88 Å². The standard InChI is InChI=1S/C26H24N6O4S3/c1-38(33,34)12-11-27-14-19-15-29-26(37-19)23-13-22-24(16-28-23)30-17-31-25(22)32-18-7-9-21(10-8-18)39(35,36)20-5-3-2-4-6-20/h2-10,13,15-17,27H,11-12,14H2,1H3,(H,30,31,32). The van der Waals surface area contributed by atoms with Crippen LogP contribution in [0.2, 0.25) is 0 Å². The highest BCUT2D eigenvalue weighted by atomic mass is 32.2. The number of nitrogens with zero attached hydrogens (tertiary/aromatic N) is 4. The summed E-state index contributed by atoms with van der Waals surface area (Å²) in [7, 11) is -6.62. The van der Waals surface area contributed by atoms with Crippen LogP contribution in [0, 0.1) is 0 Å². The van der Waals surface area contributed by atoms with Crippen LogP contribution in [0.3, 0.4) is 0 Å². The quantitative estimate of drug-likeness (QED) is 0.234. The Labute approximate surface area is 230 Å². The zero-order valence-electron chi connectivity index (χ0n) is 20.8. The Morgan fingerprint density at radius 1 is 0.846 bits per heavy atom. The summed E-state index contributed by atoms with van der Waals surface area (Å²) in [6.45, 7) is 0.874. The average molecular weight is 581 g/mol. The molecule has 0 aliphatic carbocycles. The number of aromatic nitrogens is 4. The zero-order valence-corrected chi connectivity index (χ0v) is 23.2. The lowest BCUT2D eigenvalue weighted by Gasteiger charge is -2.10. The van der Waals surface area contributed by atoms with Crippen molar-refractivity contribution in [3.8, 4) is 10.7 Å². The molecule has 0 bridgehead atoms. The van der Waals surface area contributed by atoms with Crippen molar-refractivity contribution in [2.45, 2.75) is 16.3 Å². The molecule has 39 heavy (non-hydrogen) atoms. The van der Waals surface area contributed by atoms with Crippen molar-refractivity contribution >= 4 is 53.4 Å². The molecule has 5 rings (SSSR count). The minimum atomic E-state index is -3.61. The average Bonchev–Trinajstić information content (AvgIpc) is 3.40. The van der Waals surface area contributed by atoms with Crippen molar-refractivity contribution in [2.75, 3.05) is 23.9 Å². The van der Waals surface area contributed by atoms with Gasteiger partial charge in [-0.05, 0) is 42.5 Å². The predicted molar refractivity (Wildman–Crippen MR) is 151 cm³/mol. The molecular weight excluding hydrogens is 557 g/mol. The Morgan fingerprint density at radius 3 is 2.33 bits per heavy atom. The van der Waals surface area contributed by atoms with Crippen molar-refractivity contribution in [1.29, 1.82) is 0 Å². The summed E-state index contributed by atoms with van der Waals surface area (Å²) in [5, 5.41) is 7.80. The van der Waals surface area contributed by atoms with E-state index in [1.165, 1.54) is 23.9 Å². The van der Waals surface area contributed by atoms with Gasteiger partial charge in [-0.3, -0.25) is 4.98 Å². The molecule has 3 heterocycles. The molecular formula is C26H24N6O4S3. The molecule has 2 aromatic carbocycles. The maximum Gasteiger partial charge on any atom is 0.206 e. The van der Waals surface area contributed by atoms with Gasteiger partial charge in [-0.25, -0.2) is 31.8 Å². The molecule has 13 heteroatoms. The highest BCUT2D eigenvalue weighted by Crippen LogP contribution is 2.30. The largest absolute Gasteiger partial charge is 0.340 e. The molecule has 2 N–H and O–H groups in total. The Balaban J connectivity index is 1.34. The van der Waals surface area contributed by atoms with E-state index in [0.29, 0.717) is 40.8 Å². The number of pyridine rings is 1. The summed E-state index contributed by atoms with van der Waals surface area (Å²) in [6, 6.07) is 16.6. The Hall–Kier alpha value is -3.78. The number of hydrogen-bond acceptors (Lipinski definition) is 11. The molecule has 200 valence electrons. The van der Waals surface area contributed by atoms with E-state index in [1.54, 1.807) is 67.0 Å². The summed E-state index contributed by atoms with van der Waals surface area (Å²) in [5.41, 5.74) is 1.95. The molecule has 0 fully saturated rings. The third-order valence-corrected chi connectivity index (χ3v) is 9.48. The second-order valence-corrected chi connectivity index (χ2v) is 14.0. The molecule has 0 aliphatic rings. The van der Waals surface area contributed by atoms with Gasteiger partial charge in [0.05, 0.1) is 33.0 Å². The third kappa shape index (κ3) is 6.45. The molecule has 0 amide bonds. The molecule has 0 radical (unpaired) electrons. The molecule has 0 saturated carbocycles. The van der Waals surface area contributed by atoms with Crippen molar-refractivity contribution in [1.82, 2.24) is 25.3 Å². The van der Waals surface area contributed by atoms with Gasteiger partial charge in [0.15, 0.2) is 0 Å². The summed E-state index contributed by atoms with van der Waals surface area (Å²) < 4.78 is 48.4. The summed E-state index contributed by atoms with van der Waals surface area (Å²) in [5.74, 6) is 0.619. The van der Waals surface area contributed by atoms with Crippen LogP contribution in [0.5, 0.6) is 0 Å². The number of thiazole rings is 1. The first-order valence-corrected chi connectivity index (χ1v) is 16.2. The lowest BCUT2D eigenvalue weighted by atomic mass is 10.2. The first-order chi connectivity index (χ1) is 18.7. The van der Waals surface area contributed by atoms with Gasteiger partial charge in [0.2, 0.25) is 9.84 Å². The second-order valence-electron chi connectivity index (χ2n) is 8.71. The number of anilines is 2. The first kappa shape index (κ1) is 26.8. The normalized spacial score (nSPS) is 12.0. The Morgan fingerprint density at radius 2 is 1.59 bits per heavy atom. The fraction of sp³-hybridized carbons (Fsp3) is 0.154. The summed E-state index contributed by atoms with van der Waals surface area (Å²) >= 11 is 1.46. The van der Waals surface area contributed by atoms with Gasteiger partial charge in [-0.1, -0.05) is 18.2 Å². The minimum absolute atomic E-state index is 0.0756. The van der Waals surface area contributed by atoms with Gasteiger partial charge < -0.3 is 10.6 Å². The fourth-order valence-corrected chi connectivity index (χ4v) is 6.39. The van der Waals surface area contributed by atoms with Crippen LogP contribution in [-0.2, 0) is 26.2 Å². The molecule has 0 aliphatic heterocycles. The minimum Gasteiger partial charge on any atom is -0.340 e. The third-order valence-electron chi connectivity index (χ3n) is 5.72. The van der Waals surface area contributed by atoms with Crippen LogP contribution >= 0.6 is 11.3 Å². The summed E-state index contributed by atoms with van der Waals surface area (Å²) in [6.07, 6.45) is 6.04. The van der Waals surface area contributed by atoms with Crippen LogP contribution in [0.25, 0.3) is 21.6 Å². The topological polar surface area (TPSA) is 144 Å². The molecule has 5 aromatic rings. The fourth-order valence-electron chi connectivity index (χ4n) is 3.74. The van der Waals surface area contributed by atoms with Crippen molar-refractivity contribution in [3.05, 3.63) is 84.3 Å². The van der Waals surface area contributed by atoms with E-state index < -0.39 is 19.7 Å². The van der Waals surface area contributed by atoms with Crippen LogP contribution < -0.4 is 10.6 Å². The number of hydrogen-bond donors (Lipinski definition) is 2. The SMILES string of the molecule is CS(=O)(=O)CCNCc1cnc(-c2cc3c(Nc4ccc(S(=O)(=O)c5ccccc5)cc4)ncnc3cn2)s1. The number of rotatable bonds is 10. The Kier molecular flexibility index (Phi) is 7.66. The van der Waals surface area contributed by atoms with E-state index in [9.17, 15) is 16.8 Å². The van der Waals surface area contributed by atoms with Crippen LogP contribution in [-0.4, -0.2) is 55.3 Å². The zero-order chi connectivity index (χ0) is 27.5. The lowest BCUT2D eigenvalue weighted by molar-refractivity contribution is 0.594. The van der Waals surface area contributed by atoms with Gasteiger partial charge in [-0.15, -0.1) is 11.3 Å². The van der Waals surface area contributed by atoms with Gasteiger partial charge in [0.25, 0.3) is 0 Å². The smallest absolute Gasteiger partial charge is 0.206 e. The van der Waals surface area contributed by atoms with E-state index in [4.69, 9.17) is 0 Å². The van der Waals surface area contributed by atoms with Crippen LogP contribution in [0.15, 0.2) is 89.2 Å². The van der Waals surface area contributed by atoms with Crippen LogP contribution in [0.4, 0.5) is 11.5 Å². The highest BCUT2D eigenvalue weighted by Gasteiger charge is 2.17. The molecule has 10 nitrogen and oxygen atoms in total. The maximum atomic E-state index is 12.9. The first-order valence-electron chi connectivity index (χ1n) is 11.8. The monoisotopic (exact) mass is 580 g/mol. The Bertz CT molecular complexity index is 1830. The highest BCUT2D eigenvalue weighted by molar-refractivity contribution is 7.91. The van der Waals surface area contributed by atoms with E-state index in [1.807, 2.05) is 6.07 Å². The molecule has 0 spiro atoms. The van der Waals surface area contributed by atoms with Crippen molar-refractivity contribution < 1.29 is 16.8 Å². The molecule has 3 aromatic heterocycles. The van der Waals surface area contributed by atoms with Crippen molar-refractivity contribution in [3.63, 3.8) is 0 Å². The van der Waals surface area contributed by atoms with E-state index >= 15 is 0 Å². The molecule has 0 unspecified atom stereocenters. The lowest BCUT2D eigenvalue weighted by Crippen LogP contribution is -2.21. The molecule has 0 saturated heterocycles. The summed E-state index contributed by atoms with van der Waals surface area (Å²) in [4.78, 5) is 19.0. The number of fused-ring (bicyclic) bond motifs is 1. The van der Waals surface area contributed by atoms with Gasteiger partial charge in [0.1, 0.15) is 27.0 Å². The van der Waals surface area contributed by atoms with E-state index in [0.717, 1.165) is 10.3 Å². The molecule has 0 atom stereocenters. The number of benzene rings is 2.